The summed E-state index contributed by atoms with van der Waals surface area (Å²) in [6.45, 7) is 3.92. The van der Waals surface area contributed by atoms with Crippen molar-refractivity contribution in [3.05, 3.63) is 29.6 Å². The highest BCUT2D eigenvalue weighted by atomic mass is 16.4. The number of pyridine rings is 1. The van der Waals surface area contributed by atoms with Crippen LogP contribution in [0, 0.1) is 12.8 Å². The number of hydrogen-bond acceptors (Lipinski definition) is 3. The van der Waals surface area contributed by atoms with E-state index in [2.05, 4.69) is 17.2 Å². The zero-order valence-corrected chi connectivity index (χ0v) is 12.6. The maximum atomic E-state index is 12.3. The lowest BCUT2D eigenvalue weighted by Gasteiger charge is -2.37. The monoisotopic (exact) mass is 290 g/mol. The average Bonchev–Trinajstić information content (AvgIpc) is 2.47. The van der Waals surface area contributed by atoms with Crippen LogP contribution in [0.2, 0.25) is 0 Å². The Morgan fingerprint density at radius 3 is 2.62 bits per heavy atom. The Morgan fingerprint density at radius 2 is 2.10 bits per heavy atom. The van der Waals surface area contributed by atoms with E-state index in [0.717, 1.165) is 25.0 Å². The molecule has 1 aromatic rings. The standard InChI is InChI=1S/C16H22N2O3/c1-3-12-4-7-16(8-5-12,15(20)21)18-14(19)13-6-9-17-11(2)10-13/h6,9-10,12H,3-5,7-8H2,1-2H3,(H,18,19)(H,20,21). The van der Waals surface area contributed by atoms with Crippen LogP contribution in [0.25, 0.3) is 0 Å². The Morgan fingerprint density at radius 1 is 1.43 bits per heavy atom. The molecule has 2 N–H and O–H groups in total. The fourth-order valence-electron chi connectivity index (χ4n) is 2.95. The molecule has 0 radical (unpaired) electrons. The molecule has 5 heteroatoms. The molecule has 21 heavy (non-hydrogen) atoms. The summed E-state index contributed by atoms with van der Waals surface area (Å²) in [5.41, 5.74) is 0.0716. The molecule has 0 unspecified atom stereocenters. The van der Waals surface area contributed by atoms with Crippen LogP contribution in [0.15, 0.2) is 18.3 Å². The Labute approximate surface area is 124 Å². The largest absolute Gasteiger partial charge is 0.480 e. The molecule has 0 saturated heterocycles. The number of aliphatic carboxylic acids is 1. The van der Waals surface area contributed by atoms with Gasteiger partial charge in [0.25, 0.3) is 5.91 Å². The van der Waals surface area contributed by atoms with Gasteiger partial charge in [-0.3, -0.25) is 9.78 Å². The van der Waals surface area contributed by atoms with E-state index in [1.165, 1.54) is 0 Å². The molecule has 5 nitrogen and oxygen atoms in total. The van der Waals surface area contributed by atoms with E-state index in [9.17, 15) is 14.7 Å². The zero-order chi connectivity index (χ0) is 15.5. The number of carbonyl (C=O) groups excluding carboxylic acids is 1. The van der Waals surface area contributed by atoms with Gasteiger partial charge in [0.15, 0.2) is 0 Å². The summed E-state index contributed by atoms with van der Waals surface area (Å²) in [4.78, 5) is 28.0. The normalized spacial score (nSPS) is 25.3. The van der Waals surface area contributed by atoms with Crippen molar-refractivity contribution < 1.29 is 14.7 Å². The van der Waals surface area contributed by atoms with Crippen molar-refractivity contribution in [1.29, 1.82) is 0 Å². The Kier molecular flexibility index (Phi) is 4.60. The highest BCUT2D eigenvalue weighted by Crippen LogP contribution is 2.34. The fraction of sp³-hybridized carbons (Fsp3) is 0.562. The molecule has 1 aromatic heterocycles. The van der Waals surface area contributed by atoms with Crippen molar-refractivity contribution in [3.63, 3.8) is 0 Å². The molecule has 0 bridgehead atoms. The van der Waals surface area contributed by atoms with E-state index in [1.807, 2.05) is 0 Å². The number of aryl methyl sites for hydroxylation is 1. The summed E-state index contributed by atoms with van der Waals surface area (Å²) in [5.74, 6) is -0.702. The maximum Gasteiger partial charge on any atom is 0.329 e. The quantitative estimate of drug-likeness (QED) is 0.893. The highest BCUT2D eigenvalue weighted by Gasteiger charge is 2.43. The van der Waals surface area contributed by atoms with E-state index in [-0.39, 0.29) is 5.91 Å². The number of amides is 1. The molecule has 1 saturated carbocycles. The van der Waals surface area contributed by atoms with Gasteiger partial charge in [0.2, 0.25) is 0 Å². The minimum Gasteiger partial charge on any atom is -0.480 e. The zero-order valence-electron chi connectivity index (χ0n) is 12.6. The van der Waals surface area contributed by atoms with Crippen LogP contribution in [0.4, 0.5) is 0 Å². The highest BCUT2D eigenvalue weighted by molar-refractivity contribution is 5.97. The second kappa shape index (κ2) is 6.24. The Balaban J connectivity index is 2.14. The van der Waals surface area contributed by atoms with Gasteiger partial charge < -0.3 is 10.4 Å². The van der Waals surface area contributed by atoms with Crippen molar-refractivity contribution in [2.45, 2.75) is 51.5 Å². The van der Waals surface area contributed by atoms with Crippen molar-refractivity contribution in [2.75, 3.05) is 0 Å². The molecule has 1 fully saturated rings. The molecule has 1 aliphatic carbocycles. The predicted molar refractivity (Wildman–Crippen MR) is 79.1 cm³/mol. The van der Waals surface area contributed by atoms with Crippen molar-refractivity contribution >= 4 is 11.9 Å². The van der Waals surface area contributed by atoms with Crippen LogP contribution >= 0.6 is 0 Å². The van der Waals surface area contributed by atoms with Crippen LogP contribution < -0.4 is 5.32 Å². The second-order valence-electron chi connectivity index (χ2n) is 5.88. The van der Waals surface area contributed by atoms with Gasteiger partial charge in [-0.1, -0.05) is 13.3 Å². The van der Waals surface area contributed by atoms with Crippen LogP contribution in [0.3, 0.4) is 0 Å². The Bertz CT molecular complexity index is 534. The molecule has 0 aromatic carbocycles. The molecule has 0 atom stereocenters. The number of carbonyl (C=O) groups is 2. The average molecular weight is 290 g/mol. The number of nitrogens with zero attached hydrogens (tertiary/aromatic N) is 1. The first-order chi connectivity index (χ1) is 9.97. The molecule has 114 valence electrons. The minimum atomic E-state index is -1.13. The molecule has 0 aliphatic heterocycles. The number of rotatable bonds is 4. The number of carboxylic acid groups (broad SMARTS) is 1. The summed E-state index contributed by atoms with van der Waals surface area (Å²) in [6, 6.07) is 3.28. The molecular weight excluding hydrogens is 268 g/mol. The summed E-state index contributed by atoms with van der Waals surface area (Å²) in [7, 11) is 0. The van der Waals surface area contributed by atoms with Gasteiger partial charge in [0.05, 0.1) is 0 Å². The van der Waals surface area contributed by atoms with E-state index < -0.39 is 11.5 Å². The van der Waals surface area contributed by atoms with Crippen LogP contribution in [0.1, 0.15) is 55.1 Å². The fourth-order valence-corrected chi connectivity index (χ4v) is 2.95. The smallest absolute Gasteiger partial charge is 0.329 e. The van der Waals surface area contributed by atoms with Crippen molar-refractivity contribution in [1.82, 2.24) is 10.3 Å². The van der Waals surface area contributed by atoms with Crippen molar-refractivity contribution in [2.24, 2.45) is 5.92 Å². The first-order valence-electron chi connectivity index (χ1n) is 7.45. The molecular formula is C16H22N2O3. The third-order valence-corrected chi connectivity index (χ3v) is 4.46. The lowest BCUT2D eigenvalue weighted by Crippen LogP contribution is -2.56. The van der Waals surface area contributed by atoms with Gasteiger partial charge in [-0.05, 0) is 50.7 Å². The third kappa shape index (κ3) is 3.40. The maximum absolute atomic E-state index is 12.3. The SMILES string of the molecule is CCC1CCC(NC(=O)c2ccnc(C)c2)(C(=O)O)CC1. The van der Waals surface area contributed by atoms with Gasteiger partial charge >= 0.3 is 5.97 Å². The first-order valence-corrected chi connectivity index (χ1v) is 7.45. The van der Waals surface area contributed by atoms with E-state index >= 15 is 0 Å². The summed E-state index contributed by atoms with van der Waals surface area (Å²) < 4.78 is 0. The van der Waals surface area contributed by atoms with E-state index in [4.69, 9.17) is 0 Å². The molecule has 1 heterocycles. The number of nitrogens with one attached hydrogen (secondary N) is 1. The summed E-state index contributed by atoms with van der Waals surface area (Å²) >= 11 is 0. The summed E-state index contributed by atoms with van der Waals surface area (Å²) in [5, 5.41) is 12.3. The Hall–Kier alpha value is -1.91. The second-order valence-corrected chi connectivity index (χ2v) is 5.88. The molecule has 0 spiro atoms. The van der Waals surface area contributed by atoms with Gasteiger partial charge in [-0.15, -0.1) is 0 Å². The van der Waals surface area contributed by atoms with Crippen LogP contribution in [-0.2, 0) is 4.79 Å². The van der Waals surface area contributed by atoms with Crippen molar-refractivity contribution in [3.8, 4) is 0 Å². The van der Waals surface area contributed by atoms with E-state index in [0.29, 0.717) is 24.3 Å². The molecule has 1 amide bonds. The van der Waals surface area contributed by atoms with E-state index in [1.54, 1.807) is 25.3 Å². The topological polar surface area (TPSA) is 79.3 Å². The van der Waals surface area contributed by atoms with Crippen LogP contribution in [0.5, 0.6) is 0 Å². The molecule has 2 rings (SSSR count). The first kappa shape index (κ1) is 15.5. The molecule has 1 aliphatic rings. The van der Waals surface area contributed by atoms with Gasteiger partial charge in [0, 0.05) is 17.5 Å². The predicted octanol–water partition coefficient (Wildman–Crippen LogP) is 2.54. The minimum absolute atomic E-state index is 0.335. The number of carboxylic acids is 1. The van der Waals surface area contributed by atoms with Crippen LogP contribution in [-0.4, -0.2) is 27.5 Å². The lowest BCUT2D eigenvalue weighted by atomic mass is 9.75. The number of hydrogen-bond donors (Lipinski definition) is 2. The van der Waals surface area contributed by atoms with Gasteiger partial charge in [-0.2, -0.15) is 0 Å². The lowest BCUT2D eigenvalue weighted by molar-refractivity contribution is -0.146. The number of aromatic nitrogens is 1. The van der Waals surface area contributed by atoms with Gasteiger partial charge in [0.1, 0.15) is 5.54 Å². The summed E-state index contributed by atoms with van der Waals surface area (Å²) in [6.07, 6.45) is 5.31. The van der Waals surface area contributed by atoms with Gasteiger partial charge in [-0.25, -0.2) is 4.79 Å². The third-order valence-electron chi connectivity index (χ3n) is 4.46.